The van der Waals surface area contributed by atoms with E-state index in [2.05, 4.69) is 15.2 Å². The lowest BCUT2D eigenvalue weighted by atomic mass is 10.1. The van der Waals surface area contributed by atoms with Gasteiger partial charge in [-0.05, 0) is 31.5 Å². The Morgan fingerprint density at radius 1 is 1.38 bits per heavy atom. The molecule has 2 aromatic rings. The molecule has 1 aromatic carbocycles. The van der Waals surface area contributed by atoms with E-state index in [0.717, 1.165) is 25.2 Å². The second-order valence-corrected chi connectivity index (χ2v) is 6.12. The van der Waals surface area contributed by atoms with Gasteiger partial charge in [-0.1, -0.05) is 17.3 Å². The van der Waals surface area contributed by atoms with Gasteiger partial charge in [-0.15, -0.1) is 5.10 Å². The Hall–Kier alpha value is -1.79. The number of hydrogen-bond donors (Lipinski definition) is 1. The minimum atomic E-state index is -0.969. The van der Waals surface area contributed by atoms with Crippen molar-refractivity contribution in [2.45, 2.75) is 32.0 Å². The predicted octanol–water partition coefficient (Wildman–Crippen LogP) is 1.70. The molecular weight excluding hydrogens is 271 g/mol. The van der Waals surface area contributed by atoms with Crippen LogP contribution < -0.4 is 0 Å². The molecule has 1 N–H and O–H groups in total. The number of halogens is 1. The number of aromatic nitrogens is 3. The standard InChI is InChI=1S/C15H19FN4O/c1-15(2,21)14-10-20(18-17-14)13-8-19(9-13)7-11-4-3-5-12(16)6-11/h3-6,10,13,21H,7-9H2,1-2H3. The number of rotatable bonds is 4. The number of nitrogens with zero attached hydrogens (tertiary/aromatic N) is 4. The Balaban J connectivity index is 1.57. The third-order valence-corrected chi connectivity index (χ3v) is 3.74. The third kappa shape index (κ3) is 3.11. The van der Waals surface area contributed by atoms with Crippen LogP contribution in [0.2, 0.25) is 0 Å². The molecule has 1 aliphatic heterocycles. The van der Waals surface area contributed by atoms with Crippen LogP contribution in [0.1, 0.15) is 31.1 Å². The summed E-state index contributed by atoms with van der Waals surface area (Å²) in [5, 5.41) is 18.0. The van der Waals surface area contributed by atoms with E-state index >= 15 is 0 Å². The molecule has 0 spiro atoms. The molecule has 5 nitrogen and oxygen atoms in total. The maximum atomic E-state index is 13.1. The minimum absolute atomic E-state index is 0.198. The molecule has 1 saturated heterocycles. The molecule has 1 aliphatic rings. The van der Waals surface area contributed by atoms with Gasteiger partial charge in [0, 0.05) is 19.6 Å². The second-order valence-electron chi connectivity index (χ2n) is 6.12. The molecule has 0 radical (unpaired) electrons. The van der Waals surface area contributed by atoms with Crippen LogP contribution in [0.25, 0.3) is 0 Å². The van der Waals surface area contributed by atoms with Crippen LogP contribution >= 0.6 is 0 Å². The lowest BCUT2D eigenvalue weighted by molar-refractivity contribution is 0.0731. The van der Waals surface area contributed by atoms with E-state index in [0.29, 0.717) is 5.69 Å². The summed E-state index contributed by atoms with van der Waals surface area (Å²) >= 11 is 0. The molecule has 1 aromatic heterocycles. The molecule has 0 atom stereocenters. The van der Waals surface area contributed by atoms with Gasteiger partial charge in [-0.25, -0.2) is 9.07 Å². The Kier molecular flexibility index (Phi) is 3.51. The van der Waals surface area contributed by atoms with Gasteiger partial charge in [0.2, 0.25) is 0 Å². The molecule has 3 rings (SSSR count). The summed E-state index contributed by atoms with van der Waals surface area (Å²) in [7, 11) is 0. The Bertz CT molecular complexity index is 629. The van der Waals surface area contributed by atoms with Crippen LogP contribution in [0.15, 0.2) is 30.5 Å². The smallest absolute Gasteiger partial charge is 0.123 e. The lowest BCUT2D eigenvalue weighted by Crippen LogP contribution is -2.47. The van der Waals surface area contributed by atoms with Gasteiger partial charge in [0.15, 0.2) is 0 Å². The summed E-state index contributed by atoms with van der Waals surface area (Å²) < 4.78 is 14.9. The van der Waals surface area contributed by atoms with E-state index in [1.165, 1.54) is 6.07 Å². The van der Waals surface area contributed by atoms with Crippen molar-refractivity contribution in [2.24, 2.45) is 0 Å². The Morgan fingerprint density at radius 3 is 2.76 bits per heavy atom. The molecule has 0 bridgehead atoms. The van der Waals surface area contributed by atoms with Crippen molar-refractivity contribution in [1.82, 2.24) is 19.9 Å². The van der Waals surface area contributed by atoms with Crippen molar-refractivity contribution in [1.29, 1.82) is 0 Å². The second kappa shape index (κ2) is 5.20. The van der Waals surface area contributed by atoms with E-state index in [1.807, 2.05) is 6.07 Å². The summed E-state index contributed by atoms with van der Waals surface area (Å²) in [5.74, 6) is -0.198. The van der Waals surface area contributed by atoms with E-state index in [9.17, 15) is 9.50 Å². The van der Waals surface area contributed by atoms with Gasteiger partial charge in [0.25, 0.3) is 0 Å². The lowest BCUT2D eigenvalue weighted by Gasteiger charge is -2.38. The first-order valence-electron chi connectivity index (χ1n) is 7.03. The van der Waals surface area contributed by atoms with Gasteiger partial charge in [0.05, 0.1) is 12.2 Å². The largest absolute Gasteiger partial charge is 0.384 e. The molecule has 21 heavy (non-hydrogen) atoms. The average Bonchev–Trinajstić information content (AvgIpc) is 2.82. The van der Waals surface area contributed by atoms with Crippen molar-refractivity contribution < 1.29 is 9.50 Å². The van der Waals surface area contributed by atoms with Crippen molar-refractivity contribution in [2.75, 3.05) is 13.1 Å². The number of hydrogen-bond acceptors (Lipinski definition) is 4. The summed E-state index contributed by atoms with van der Waals surface area (Å²) in [6.45, 7) is 5.83. The third-order valence-electron chi connectivity index (χ3n) is 3.74. The number of aliphatic hydroxyl groups is 1. The summed E-state index contributed by atoms with van der Waals surface area (Å²) in [6.07, 6.45) is 1.80. The first kappa shape index (κ1) is 14.2. The van der Waals surface area contributed by atoms with Gasteiger partial charge >= 0.3 is 0 Å². The predicted molar refractivity (Wildman–Crippen MR) is 76.0 cm³/mol. The fraction of sp³-hybridized carbons (Fsp3) is 0.467. The Labute approximate surface area is 123 Å². The van der Waals surface area contributed by atoms with E-state index in [4.69, 9.17) is 0 Å². The van der Waals surface area contributed by atoms with Crippen LogP contribution in [-0.4, -0.2) is 38.1 Å². The first-order valence-corrected chi connectivity index (χ1v) is 7.03. The molecule has 0 unspecified atom stereocenters. The Morgan fingerprint density at radius 2 is 2.14 bits per heavy atom. The molecule has 2 heterocycles. The zero-order chi connectivity index (χ0) is 15.0. The van der Waals surface area contributed by atoms with Gasteiger partial charge in [-0.2, -0.15) is 0 Å². The maximum Gasteiger partial charge on any atom is 0.123 e. The zero-order valence-electron chi connectivity index (χ0n) is 12.2. The monoisotopic (exact) mass is 290 g/mol. The molecule has 0 saturated carbocycles. The van der Waals surface area contributed by atoms with Crippen LogP contribution in [0.5, 0.6) is 0 Å². The number of benzene rings is 1. The summed E-state index contributed by atoms with van der Waals surface area (Å²) in [6, 6.07) is 6.94. The fourth-order valence-electron chi connectivity index (χ4n) is 2.47. The first-order chi connectivity index (χ1) is 9.91. The van der Waals surface area contributed by atoms with Gasteiger partial charge < -0.3 is 5.11 Å². The quantitative estimate of drug-likeness (QED) is 0.931. The van der Waals surface area contributed by atoms with E-state index < -0.39 is 5.60 Å². The average molecular weight is 290 g/mol. The van der Waals surface area contributed by atoms with Crippen LogP contribution in [0, 0.1) is 5.82 Å². The van der Waals surface area contributed by atoms with Gasteiger partial charge in [-0.3, -0.25) is 4.90 Å². The van der Waals surface area contributed by atoms with Crippen molar-refractivity contribution in [3.8, 4) is 0 Å². The van der Waals surface area contributed by atoms with E-state index in [1.54, 1.807) is 36.9 Å². The van der Waals surface area contributed by atoms with Crippen molar-refractivity contribution >= 4 is 0 Å². The molecule has 0 aliphatic carbocycles. The molecule has 6 heteroatoms. The zero-order valence-corrected chi connectivity index (χ0v) is 12.2. The van der Waals surface area contributed by atoms with Crippen molar-refractivity contribution in [3.05, 3.63) is 47.5 Å². The molecule has 112 valence electrons. The SMILES string of the molecule is CC(C)(O)c1cn(C2CN(Cc3cccc(F)c3)C2)nn1. The fourth-order valence-corrected chi connectivity index (χ4v) is 2.47. The van der Waals surface area contributed by atoms with Crippen LogP contribution in [0.4, 0.5) is 4.39 Å². The van der Waals surface area contributed by atoms with E-state index in [-0.39, 0.29) is 11.9 Å². The molecular formula is C15H19FN4O. The highest BCUT2D eigenvalue weighted by atomic mass is 19.1. The highest BCUT2D eigenvalue weighted by Crippen LogP contribution is 2.24. The normalized spacial score (nSPS) is 17.0. The van der Waals surface area contributed by atoms with Crippen LogP contribution in [0.3, 0.4) is 0 Å². The topological polar surface area (TPSA) is 54.2 Å². The summed E-state index contributed by atoms with van der Waals surface area (Å²) in [4.78, 5) is 2.23. The van der Waals surface area contributed by atoms with Crippen LogP contribution in [-0.2, 0) is 12.1 Å². The van der Waals surface area contributed by atoms with Gasteiger partial charge in [0.1, 0.15) is 17.1 Å². The number of likely N-dealkylation sites (tertiary alicyclic amines) is 1. The molecule has 1 fully saturated rings. The minimum Gasteiger partial charge on any atom is -0.384 e. The maximum absolute atomic E-state index is 13.1. The molecule has 0 amide bonds. The summed E-state index contributed by atoms with van der Waals surface area (Å²) in [5.41, 5.74) is 0.582. The highest BCUT2D eigenvalue weighted by molar-refractivity contribution is 5.16. The van der Waals surface area contributed by atoms with Crippen molar-refractivity contribution in [3.63, 3.8) is 0 Å². The highest BCUT2D eigenvalue weighted by Gasteiger charge is 2.30.